The van der Waals surface area contributed by atoms with Crippen LogP contribution in [0.3, 0.4) is 0 Å². The number of primary amides is 1. The number of carbonyl (C=O) groups excluding carboxylic acids is 2. The highest BCUT2D eigenvalue weighted by Gasteiger charge is 2.20. The maximum atomic E-state index is 12.4. The Labute approximate surface area is 173 Å². The number of nitrogens with one attached hydrogen (secondary N) is 2. The largest absolute Gasteiger partial charge is 0.495 e. The van der Waals surface area contributed by atoms with E-state index in [2.05, 4.69) is 20.8 Å². The fourth-order valence-electron chi connectivity index (χ4n) is 2.19. The van der Waals surface area contributed by atoms with Crippen LogP contribution in [0.15, 0.2) is 40.1 Å². The summed E-state index contributed by atoms with van der Waals surface area (Å²) in [5, 5.41) is 16.4. The Kier molecular flexibility index (Phi) is 6.49. The first-order valence-corrected chi connectivity index (χ1v) is 10.6. The van der Waals surface area contributed by atoms with E-state index in [1.165, 1.54) is 34.4 Å². The monoisotopic (exact) mass is 435 g/mol. The van der Waals surface area contributed by atoms with Crippen LogP contribution in [-0.2, 0) is 4.79 Å². The normalized spacial score (nSPS) is 11.6. The molecular weight excluding hydrogens is 418 g/mol. The molecule has 3 rings (SSSR count). The van der Waals surface area contributed by atoms with Crippen molar-refractivity contribution in [2.75, 3.05) is 17.7 Å². The zero-order valence-electron chi connectivity index (χ0n) is 15.0. The average molecular weight is 436 g/mol. The Balaban J connectivity index is 1.62. The molecule has 0 aliphatic carbocycles. The number of aromatic nitrogens is 2. The predicted octanol–water partition coefficient (Wildman–Crippen LogP) is 3.57. The zero-order chi connectivity index (χ0) is 20.1. The first-order chi connectivity index (χ1) is 13.5. The summed E-state index contributed by atoms with van der Waals surface area (Å²) in [6, 6.07) is 9.07. The van der Waals surface area contributed by atoms with Crippen LogP contribution in [-0.4, -0.2) is 34.4 Å². The lowest BCUT2D eigenvalue weighted by atomic mass is 10.3. The highest BCUT2D eigenvalue weighted by molar-refractivity contribution is 8.02. The number of carbonyl (C=O) groups is 2. The van der Waals surface area contributed by atoms with Gasteiger partial charge in [-0.2, -0.15) is 0 Å². The zero-order valence-corrected chi connectivity index (χ0v) is 17.4. The third kappa shape index (κ3) is 4.80. The number of methoxy groups -OCH3 is 1. The van der Waals surface area contributed by atoms with Gasteiger partial charge in [-0.25, -0.2) is 0 Å². The second-order valence-electron chi connectivity index (χ2n) is 5.48. The van der Waals surface area contributed by atoms with Crippen LogP contribution >= 0.6 is 34.4 Å². The highest BCUT2D eigenvalue weighted by atomic mass is 32.2. The molecule has 4 N–H and O–H groups in total. The Hall–Kier alpha value is -2.63. The first kappa shape index (κ1) is 20.1. The maximum Gasteiger partial charge on any atom is 0.251 e. The number of nitrogens with zero attached hydrogens (tertiary/aromatic N) is 2. The number of ether oxygens (including phenoxy) is 1. The summed E-state index contributed by atoms with van der Waals surface area (Å²) in [6.07, 6.45) is 0. The van der Waals surface area contributed by atoms with Gasteiger partial charge >= 0.3 is 0 Å². The lowest BCUT2D eigenvalue weighted by Gasteiger charge is -2.09. The van der Waals surface area contributed by atoms with Gasteiger partial charge in [-0.05, 0) is 30.5 Å². The molecule has 1 unspecified atom stereocenters. The molecule has 8 nitrogen and oxygen atoms in total. The Bertz CT molecular complexity index is 988. The van der Waals surface area contributed by atoms with Gasteiger partial charge in [0.05, 0.1) is 23.6 Å². The van der Waals surface area contributed by atoms with Gasteiger partial charge in [0.25, 0.3) is 5.91 Å². The average Bonchev–Trinajstić information content (AvgIpc) is 3.31. The molecule has 1 atom stereocenters. The highest BCUT2D eigenvalue weighted by Crippen LogP contribution is 2.33. The van der Waals surface area contributed by atoms with Crippen molar-refractivity contribution < 1.29 is 14.3 Å². The minimum Gasteiger partial charge on any atom is -0.495 e. The van der Waals surface area contributed by atoms with Gasteiger partial charge in [-0.3, -0.25) is 9.59 Å². The van der Waals surface area contributed by atoms with E-state index < -0.39 is 11.2 Å². The molecule has 0 saturated heterocycles. The van der Waals surface area contributed by atoms with Crippen LogP contribution < -0.4 is 21.1 Å². The van der Waals surface area contributed by atoms with Crippen LogP contribution in [0.4, 0.5) is 15.8 Å². The van der Waals surface area contributed by atoms with E-state index in [-0.39, 0.29) is 5.91 Å². The Morgan fingerprint density at radius 2 is 2.04 bits per heavy atom. The third-order valence-electron chi connectivity index (χ3n) is 3.57. The summed E-state index contributed by atoms with van der Waals surface area (Å²) >= 11 is 3.86. The van der Waals surface area contributed by atoms with Crippen LogP contribution in [0.1, 0.15) is 17.3 Å². The molecule has 1 aromatic carbocycles. The number of thioether (sulfide) groups is 1. The van der Waals surface area contributed by atoms with Crippen LogP contribution in [0.5, 0.6) is 5.75 Å². The molecule has 2 aromatic heterocycles. The quantitative estimate of drug-likeness (QED) is 0.463. The van der Waals surface area contributed by atoms with E-state index in [1.807, 2.05) is 24.3 Å². The van der Waals surface area contributed by atoms with Gasteiger partial charge in [-0.1, -0.05) is 35.2 Å². The van der Waals surface area contributed by atoms with Crippen molar-refractivity contribution in [1.82, 2.24) is 10.2 Å². The number of amides is 2. The van der Waals surface area contributed by atoms with Crippen LogP contribution in [0.25, 0.3) is 0 Å². The fraction of sp³-hybridized carbons (Fsp3) is 0.176. The summed E-state index contributed by atoms with van der Waals surface area (Å²) in [5.41, 5.74) is 6.38. The topological polar surface area (TPSA) is 119 Å². The van der Waals surface area contributed by atoms with Crippen molar-refractivity contribution in [3.8, 4) is 5.75 Å². The number of hydrogen-bond acceptors (Lipinski definition) is 9. The van der Waals surface area contributed by atoms with Gasteiger partial charge in [0.15, 0.2) is 4.34 Å². The predicted molar refractivity (Wildman–Crippen MR) is 113 cm³/mol. The molecule has 0 fully saturated rings. The van der Waals surface area contributed by atoms with Gasteiger partial charge in [0.1, 0.15) is 10.8 Å². The van der Waals surface area contributed by atoms with Crippen molar-refractivity contribution in [2.24, 2.45) is 5.73 Å². The molecule has 0 aliphatic heterocycles. The van der Waals surface area contributed by atoms with Crippen molar-refractivity contribution in [3.63, 3.8) is 0 Å². The van der Waals surface area contributed by atoms with Crippen LogP contribution in [0.2, 0.25) is 0 Å². The number of rotatable bonds is 8. The van der Waals surface area contributed by atoms with Gasteiger partial charge in [0.2, 0.25) is 11.0 Å². The molecule has 0 aliphatic rings. The summed E-state index contributed by atoms with van der Waals surface area (Å²) in [6.45, 7) is 1.76. The lowest BCUT2D eigenvalue weighted by Crippen LogP contribution is -2.23. The number of anilines is 3. The van der Waals surface area contributed by atoms with Crippen molar-refractivity contribution in [2.45, 2.75) is 16.5 Å². The van der Waals surface area contributed by atoms with Gasteiger partial charge < -0.3 is 21.1 Å². The molecule has 2 amide bonds. The molecule has 0 radical (unpaired) electrons. The van der Waals surface area contributed by atoms with E-state index in [4.69, 9.17) is 10.5 Å². The molecule has 0 spiro atoms. The molecule has 11 heteroatoms. The van der Waals surface area contributed by atoms with E-state index >= 15 is 0 Å². The van der Waals surface area contributed by atoms with Crippen molar-refractivity contribution in [1.29, 1.82) is 0 Å². The molecule has 28 heavy (non-hydrogen) atoms. The molecule has 0 saturated carbocycles. The number of benzene rings is 1. The van der Waals surface area contributed by atoms with Crippen molar-refractivity contribution in [3.05, 3.63) is 41.3 Å². The van der Waals surface area contributed by atoms with E-state index in [0.29, 0.717) is 25.8 Å². The van der Waals surface area contributed by atoms with Crippen molar-refractivity contribution >= 4 is 62.1 Å². The minimum absolute atomic E-state index is 0.246. The molecule has 3 aromatic rings. The number of nitrogens with two attached hydrogens (primary N) is 1. The summed E-state index contributed by atoms with van der Waals surface area (Å²) < 4.78 is 5.94. The standard InChI is InChI=1S/C17H17N5O3S3/c1-9(14(24)20-15-10(13(18)23)7-8-26-15)27-17-22-21-16(28-17)19-11-5-3-4-6-12(11)25-2/h3-9H,1-2H3,(H2,18,23)(H,19,21)(H,20,24). The smallest absolute Gasteiger partial charge is 0.251 e. The SMILES string of the molecule is COc1ccccc1Nc1nnc(SC(C)C(=O)Nc2sccc2C(N)=O)s1. The van der Waals surface area contributed by atoms with Crippen LogP contribution in [0, 0.1) is 0 Å². The second kappa shape index (κ2) is 9.04. The number of para-hydroxylation sites is 2. The van der Waals surface area contributed by atoms with E-state index in [1.54, 1.807) is 25.5 Å². The van der Waals surface area contributed by atoms with Gasteiger partial charge in [-0.15, -0.1) is 21.5 Å². The Morgan fingerprint density at radius 1 is 1.25 bits per heavy atom. The summed E-state index contributed by atoms with van der Waals surface area (Å²) in [4.78, 5) is 23.8. The maximum absolute atomic E-state index is 12.4. The third-order valence-corrected chi connectivity index (χ3v) is 6.42. The minimum atomic E-state index is -0.576. The Morgan fingerprint density at radius 3 is 2.79 bits per heavy atom. The fourth-order valence-corrected chi connectivity index (χ4v) is 4.89. The molecule has 0 bridgehead atoms. The van der Waals surface area contributed by atoms with E-state index in [0.717, 1.165) is 5.69 Å². The summed E-state index contributed by atoms with van der Waals surface area (Å²) in [5.74, 6) is -0.127. The molecule has 146 valence electrons. The first-order valence-electron chi connectivity index (χ1n) is 8.06. The molecule has 2 heterocycles. The molecular formula is C17H17N5O3S3. The van der Waals surface area contributed by atoms with E-state index in [9.17, 15) is 9.59 Å². The summed E-state index contributed by atoms with van der Waals surface area (Å²) in [7, 11) is 1.60. The number of thiophene rings is 1. The number of hydrogen-bond donors (Lipinski definition) is 3. The second-order valence-corrected chi connectivity index (χ2v) is 8.96. The van der Waals surface area contributed by atoms with Gasteiger partial charge in [0, 0.05) is 0 Å². The lowest BCUT2D eigenvalue weighted by molar-refractivity contribution is -0.115.